The van der Waals surface area contributed by atoms with Crippen molar-refractivity contribution in [2.75, 3.05) is 11.4 Å². The number of anilines is 1. The number of hydrogen-bond donors (Lipinski definition) is 0. The van der Waals surface area contributed by atoms with E-state index in [-0.39, 0.29) is 17.4 Å². The van der Waals surface area contributed by atoms with Crippen LogP contribution >= 0.6 is 0 Å². The van der Waals surface area contributed by atoms with Crippen molar-refractivity contribution in [1.82, 2.24) is 4.57 Å². The molecule has 25 heavy (non-hydrogen) atoms. The van der Waals surface area contributed by atoms with Crippen molar-refractivity contribution in [3.8, 4) is 0 Å². The Morgan fingerprint density at radius 2 is 1.84 bits per heavy atom. The van der Waals surface area contributed by atoms with E-state index in [1.807, 2.05) is 37.3 Å². The normalized spacial score (nSPS) is 11.7. The molecule has 1 atom stereocenters. The molecule has 1 aromatic carbocycles. The van der Waals surface area contributed by atoms with E-state index in [1.165, 1.54) is 17.6 Å². The summed E-state index contributed by atoms with van der Waals surface area (Å²) in [5, 5.41) is 0. The van der Waals surface area contributed by atoms with E-state index < -0.39 is 12.1 Å². The molecule has 6 nitrogen and oxygen atoms in total. The third kappa shape index (κ3) is 4.15. The number of rotatable bonds is 6. The highest BCUT2D eigenvalue weighted by molar-refractivity contribution is 6.00. The lowest BCUT2D eigenvalue weighted by molar-refractivity contribution is -0.126. The molecule has 1 heterocycles. The molecule has 0 aliphatic carbocycles. The predicted molar refractivity (Wildman–Crippen MR) is 94.8 cm³/mol. The number of para-hydroxylation sites is 1. The van der Waals surface area contributed by atoms with Gasteiger partial charge in [0.05, 0.1) is 0 Å². The Kier molecular flexibility index (Phi) is 5.75. The summed E-state index contributed by atoms with van der Waals surface area (Å²) in [7, 11) is 1.65. The first kappa shape index (κ1) is 18.4. The van der Waals surface area contributed by atoms with Crippen LogP contribution < -0.4 is 4.90 Å². The van der Waals surface area contributed by atoms with Crippen LogP contribution in [0.1, 0.15) is 41.6 Å². The van der Waals surface area contributed by atoms with Crippen LogP contribution in [-0.4, -0.2) is 34.9 Å². The van der Waals surface area contributed by atoms with Crippen molar-refractivity contribution in [2.24, 2.45) is 7.05 Å². The van der Waals surface area contributed by atoms with E-state index in [4.69, 9.17) is 4.74 Å². The number of Topliss-reactive ketones (excluding diaryl/α,β-unsaturated/α-hetero) is 1. The lowest BCUT2D eigenvalue weighted by Gasteiger charge is -2.24. The largest absolute Gasteiger partial charge is 0.448 e. The summed E-state index contributed by atoms with van der Waals surface area (Å²) in [4.78, 5) is 37.9. The zero-order chi connectivity index (χ0) is 18.6. The number of esters is 1. The first-order valence-corrected chi connectivity index (χ1v) is 8.09. The van der Waals surface area contributed by atoms with Gasteiger partial charge in [0.2, 0.25) is 0 Å². The van der Waals surface area contributed by atoms with Crippen LogP contribution in [0.4, 0.5) is 5.69 Å². The summed E-state index contributed by atoms with van der Waals surface area (Å²) in [6, 6.07) is 10.7. The number of likely N-dealkylation sites (N-methyl/N-ethyl adjacent to an activating group) is 1. The topological polar surface area (TPSA) is 68.6 Å². The van der Waals surface area contributed by atoms with Crippen molar-refractivity contribution in [3.05, 3.63) is 53.9 Å². The number of amides is 1. The number of nitrogens with zero attached hydrogens (tertiary/aromatic N) is 2. The van der Waals surface area contributed by atoms with Gasteiger partial charge in [-0.2, -0.15) is 0 Å². The molecule has 0 radical (unpaired) electrons. The number of carbonyl (C=O) groups excluding carboxylic acids is 3. The molecule has 132 valence electrons. The predicted octanol–water partition coefficient (Wildman–Crippen LogP) is 2.83. The van der Waals surface area contributed by atoms with Crippen molar-refractivity contribution in [3.63, 3.8) is 0 Å². The third-order valence-corrected chi connectivity index (χ3v) is 3.90. The van der Waals surface area contributed by atoms with Gasteiger partial charge in [0, 0.05) is 31.0 Å². The molecular formula is C19H22N2O4. The van der Waals surface area contributed by atoms with E-state index in [0.29, 0.717) is 12.1 Å². The van der Waals surface area contributed by atoms with Gasteiger partial charge < -0.3 is 14.2 Å². The highest BCUT2D eigenvalue weighted by Crippen LogP contribution is 2.16. The molecule has 0 saturated heterocycles. The molecule has 0 aliphatic heterocycles. The number of hydrogen-bond acceptors (Lipinski definition) is 4. The number of aryl methyl sites for hydroxylation is 1. The zero-order valence-electron chi connectivity index (χ0n) is 14.9. The second-order valence-corrected chi connectivity index (χ2v) is 5.75. The highest BCUT2D eigenvalue weighted by Gasteiger charge is 2.26. The number of aromatic nitrogens is 1. The van der Waals surface area contributed by atoms with Gasteiger partial charge in [0.1, 0.15) is 5.69 Å². The van der Waals surface area contributed by atoms with Gasteiger partial charge >= 0.3 is 5.97 Å². The Morgan fingerprint density at radius 1 is 1.20 bits per heavy atom. The molecular weight excluding hydrogens is 320 g/mol. The van der Waals surface area contributed by atoms with E-state index >= 15 is 0 Å². The fourth-order valence-corrected chi connectivity index (χ4v) is 2.52. The van der Waals surface area contributed by atoms with Crippen LogP contribution in [0.25, 0.3) is 0 Å². The second-order valence-electron chi connectivity index (χ2n) is 5.75. The molecule has 0 fully saturated rings. The second kappa shape index (κ2) is 7.79. The molecule has 0 bridgehead atoms. The maximum Gasteiger partial charge on any atom is 0.355 e. The SMILES string of the molecule is CCN(C(=O)[C@@H](C)OC(=O)c1cc(C(C)=O)cn1C)c1ccccc1. The van der Waals surface area contributed by atoms with Crippen LogP contribution in [0, 0.1) is 0 Å². The fourth-order valence-electron chi connectivity index (χ4n) is 2.52. The van der Waals surface area contributed by atoms with Crippen LogP contribution in [0.2, 0.25) is 0 Å². The van der Waals surface area contributed by atoms with Gasteiger partial charge in [-0.3, -0.25) is 9.59 Å². The Morgan fingerprint density at radius 3 is 2.36 bits per heavy atom. The summed E-state index contributed by atoms with van der Waals surface area (Å²) >= 11 is 0. The highest BCUT2D eigenvalue weighted by atomic mass is 16.5. The maximum atomic E-state index is 12.6. The van der Waals surface area contributed by atoms with Crippen molar-refractivity contribution in [2.45, 2.75) is 26.9 Å². The molecule has 0 unspecified atom stereocenters. The van der Waals surface area contributed by atoms with Crippen LogP contribution in [0.3, 0.4) is 0 Å². The van der Waals surface area contributed by atoms with E-state index in [0.717, 1.165) is 5.69 Å². The average Bonchev–Trinajstić information content (AvgIpc) is 2.98. The molecule has 0 spiro atoms. The minimum atomic E-state index is -0.941. The number of benzene rings is 1. The summed E-state index contributed by atoms with van der Waals surface area (Å²) in [6.07, 6.45) is 0.622. The molecule has 2 aromatic rings. The van der Waals surface area contributed by atoms with Gasteiger partial charge in [-0.15, -0.1) is 0 Å². The molecule has 6 heteroatoms. The van der Waals surface area contributed by atoms with Crippen LogP contribution in [0.15, 0.2) is 42.6 Å². The summed E-state index contributed by atoms with van der Waals surface area (Å²) in [5.74, 6) is -1.08. The van der Waals surface area contributed by atoms with Crippen LogP contribution in [0.5, 0.6) is 0 Å². The van der Waals surface area contributed by atoms with Gasteiger partial charge in [-0.1, -0.05) is 18.2 Å². The van der Waals surface area contributed by atoms with E-state index in [1.54, 1.807) is 25.1 Å². The Labute approximate surface area is 147 Å². The molecule has 0 aliphatic rings. The lowest BCUT2D eigenvalue weighted by Crippen LogP contribution is -2.40. The summed E-state index contributed by atoms with van der Waals surface area (Å²) in [5.41, 5.74) is 1.40. The third-order valence-electron chi connectivity index (χ3n) is 3.90. The van der Waals surface area contributed by atoms with Crippen molar-refractivity contribution in [1.29, 1.82) is 0 Å². The van der Waals surface area contributed by atoms with Crippen molar-refractivity contribution >= 4 is 23.3 Å². The molecule has 1 aromatic heterocycles. The maximum absolute atomic E-state index is 12.6. The summed E-state index contributed by atoms with van der Waals surface area (Å²) in [6.45, 7) is 5.29. The van der Waals surface area contributed by atoms with Gasteiger partial charge in [0.25, 0.3) is 5.91 Å². The average molecular weight is 342 g/mol. The molecule has 0 N–H and O–H groups in total. The first-order chi connectivity index (χ1) is 11.8. The quantitative estimate of drug-likeness (QED) is 0.598. The number of ketones is 1. The van der Waals surface area contributed by atoms with Crippen molar-refractivity contribution < 1.29 is 19.1 Å². The number of ether oxygens (including phenoxy) is 1. The van der Waals surface area contributed by atoms with E-state index in [2.05, 4.69) is 0 Å². The minimum Gasteiger partial charge on any atom is -0.448 e. The summed E-state index contributed by atoms with van der Waals surface area (Å²) < 4.78 is 6.83. The minimum absolute atomic E-state index is 0.139. The standard InChI is InChI=1S/C19H22N2O4/c1-5-21(16-9-7-6-8-10-16)18(23)14(3)25-19(24)17-11-15(13(2)22)12-20(17)4/h6-12,14H,5H2,1-4H3/t14-/m1/s1. The zero-order valence-corrected chi connectivity index (χ0v) is 14.9. The fraction of sp³-hybridized carbons (Fsp3) is 0.316. The Hall–Kier alpha value is -2.89. The first-order valence-electron chi connectivity index (χ1n) is 8.09. The van der Waals surface area contributed by atoms with E-state index in [9.17, 15) is 14.4 Å². The lowest BCUT2D eigenvalue weighted by atomic mass is 10.2. The monoisotopic (exact) mass is 342 g/mol. The van der Waals surface area contributed by atoms with Gasteiger partial charge in [0.15, 0.2) is 11.9 Å². The van der Waals surface area contributed by atoms with Gasteiger partial charge in [-0.05, 0) is 39.0 Å². The molecule has 0 saturated carbocycles. The Bertz CT molecular complexity index is 780. The molecule has 1 amide bonds. The Balaban J connectivity index is 2.12. The van der Waals surface area contributed by atoms with Crippen LogP contribution in [-0.2, 0) is 16.6 Å². The smallest absolute Gasteiger partial charge is 0.355 e. The number of carbonyl (C=O) groups is 3. The molecule has 2 rings (SSSR count). The van der Waals surface area contributed by atoms with Gasteiger partial charge in [-0.25, -0.2) is 4.79 Å².